The molecule has 1 fully saturated rings. The molecule has 1 aromatic carbocycles. The summed E-state index contributed by atoms with van der Waals surface area (Å²) in [6.07, 6.45) is 3.57. The smallest absolute Gasteiger partial charge is 0.317 e. The summed E-state index contributed by atoms with van der Waals surface area (Å²) in [7, 11) is 1.67. The van der Waals surface area contributed by atoms with Crippen LogP contribution in [0.15, 0.2) is 24.3 Å². The highest BCUT2D eigenvalue weighted by molar-refractivity contribution is 5.99. The van der Waals surface area contributed by atoms with E-state index in [1.165, 1.54) is 16.7 Å². The van der Waals surface area contributed by atoms with Crippen LogP contribution in [0.1, 0.15) is 24.5 Å². The van der Waals surface area contributed by atoms with Gasteiger partial charge in [-0.3, -0.25) is 14.5 Å². The molecule has 1 aliphatic carbocycles. The highest BCUT2D eigenvalue weighted by Crippen LogP contribution is 2.36. The largest absolute Gasteiger partial charge is 0.497 e. The molecule has 1 aromatic rings. The number of esters is 1. The van der Waals surface area contributed by atoms with Gasteiger partial charge in [-0.15, -0.1) is 0 Å². The van der Waals surface area contributed by atoms with Gasteiger partial charge in [-0.2, -0.15) is 0 Å². The van der Waals surface area contributed by atoms with Crippen molar-refractivity contribution in [2.45, 2.75) is 19.8 Å². The molecule has 3 rings (SSSR count). The van der Waals surface area contributed by atoms with Crippen molar-refractivity contribution in [1.82, 2.24) is 4.90 Å². The zero-order valence-electron chi connectivity index (χ0n) is 14.2. The summed E-state index contributed by atoms with van der Waals surface area (Å²) in [5, 5.41) is 0. The van der Waals surface area contributed by atoms with Crippen molar-refractivity contribution in [2.24, 2.45) is 5.92 Å². The lowest BCUT2D eigenvalue weighted by Crippen LogP contribution is -2.44. The molecule has 0 aromatic heterocycles. The Kier molecular flexibility index (Phi) is 5.00. The SMILES string of the molecule is CCOC(=O)C1CN(CC=C2Cc3ccc(OC)cc32)CCC1=O. The molecule has 1 unspecified atom stereocenters. The number of carbonyl (C=O) groups excluding carboxylic acids is 2. The third-order valence-electron chi connectivity index (χ3n) is 4.71. The highest BCUT2D eigenvalue weighted by atomic mass is 16.5. The van der Waals surface area contributed by atoms with Crippen LogP contribution < -0.4 is 4.74 Å². The van der Waals surface area contributed by atoms with E-state index in [9.17, 15) is 9.59 Å². The molecule has 5 heteroatoms. The zero-order valence-corrected chi connectivity index (χ0v) is 14.2. The van der Waals surface area contributed by atoms with Crippen LogP contribution in [-0.4, -0.2) is 50.0 Å². The van der Waals surface area contributed by atoms with E-state index in [0.29, 0.717) is 26.1 Å². The van der Waals surface area contributed by atoms with Crippen LogP contribution in [0.2, 0.25) is 0 Å². The van der Waals surface area contributed by atoms with Gasteiger partial charge in [0.1, 0.15) is 17.5 Å². The Morgan fingerprint density at radius 3 is 3.00 bits per heavy atom. The maximum atomic E-state index is 11.9. The number of carbonyl (C=O) groups is 2. The van der Waals surface area contributed by atoms with Crippen LogP contribution in [0, 0.1) is 5.92 Å². The van der Waals surface area contributed by atoms with Crippen LogP contribution in [-0.2, 0) is 20.7 Å². The molecule has 0 saturated carbocycles. The Morgan fingerprint density at radius 1 is 1.42 bits per heavy atom. The number of likely N-dealkylation sites (tertiary alicyclic amines) is 1. The quantitative estimate of drug-likeness (QED) is 0.611. The van der Waals surface area contributed by atoms with E-state index in [1.807, 2.05) is 6.07 Å². The molecule has 24 heavy (non-hydrogen) atoms. The molecule has 0 radical (unpaired) electrons. The first kappa shape index (κ1) is 16.7. The Labute approximate surface area is 142 Å². The fourth-order valence-electron chi connectivity index (χ4n) is 3.26. The standard InChI is InChI=1S/C19H23NO4/c1-3-24-19(22)17-12-20(9-7-18(17)21)8-6-14-10-13-4-5-15(23-2)11-16(13)14/h4-6,11,17H,3,7-10,12H2,1-2H3. The van der Waals surface area contributed by atoms with Gasteiger partial charge in [-0.25, -0.2) is 0 Å². The Bertz CT molecular complexity index is 680. The molecule has 0 N–H and O–H groups in total. The number of ether oxygens (including phenoxy) is 2. The molecular formula is C19H23NO4. The maximum Gasteiger partial charge on any atom is 0.317 e. The Morgan fingerprint density at radius 2 is 2.25 bits per heavy atom. The van der Waals surface area contributed by atoms with Crippen LogP contribution >= 0.6 is 0 Å². The van der Waals surface area contributed by atoms with Gasteiger partial charge >= 0.3 is 5.97 Å². The fourth-order valence-corrected chi connectivity index (χ4v) is 3.26. The molecule has 1 atom stereocenters. The fraction of sp³-hybridized carbons (Fsp3) is 0.474. The molecule has 1 heterocycles. The van der Waals surface area contributed by atoms with Crippen LogP contribution in [0.4, 0.5) is 0 Å². The van der Waals surface area contributed by atoms with E-state index in [4.69, 9.17) is 9.47 Å². The molecule has 0 amide bonds. The summed E-state index contributed by atoms with van der Waals surface area (Å²) in [4.78, 5) is 26.0. The van der Waals surface area contributed by atoms with E-state index in [-0.39, 0.29) is 5.78 Å². The van der Waals surface area contributed by atoms with Crippen molar-refractivity contribution < 1.29 is 19.1 Å². The van der Waals surface area contributed by atoms with Gasteiger partial charge in [0.05, 0.1) is 13.7 Å². The second-order valence-corrected chi connectivity index (χ2v) is 6.21. The average Bonchev–Trinajstić information content (AvgIpc) is 2.57. The average molecular weight is 329 g/mol. The summed E-state index contributed by atoms with van der Waals surface area (Å²) in [6, 6.07) is 6.14. The van der Waals surface area contributed by atoms with Crippen molar-refractivity contribution in [2.75, 3.05) is 33.4 Å². The molecular weight excluding hydrogens is 306 g/mol. The normalized spacial score (nSPS) is 22.0. The molecule has 2 aliphatic rings. The number of nitrogens with zero attached hydrogens (tertiary/aromatic N) is 1. The van der Waals surface area contributed by atoms with E-state index in [2.05, 4.69) is 23.1 Å². The number of hydrogen-bond donors (Lipinski definition) is 0. The van der Waals surface area contributed by atoms with E-state index in [0.717, 1.165) is 18.7 Å². The minimum Gasteiger partial charge on any atom is -0.497 e. The van der Waals surface area contributed by atoms with Crippen LogP contribution in [0.3, 0.4) is 0 Å². The number of piperidine rings is 1. The van der Waals surface area contributed by atoms with Gasteiger partial charge in [-0.05, 0) is 42.2 Å². The lowest BCUT2D eigenvalue weighted by Gasteiger charge is -2.31. The first-order valence-corrected chi connectivity index (χ1v) is 8.40. The molecule has 0 bridgehead atoms. The maximum absolute atomic E-state index is 11.9. The lowest BCUT2D eigenvalue weighted by atomic mass is 9.82. The number of methoxy groups -OCH3 is 1. The monoisotopic (exact) mass is 329 g/mol. The molecule has 1 saturated heterocycles. The second-order valence-electron chi connectivity index (χ2n) is 6.21. The van der Waals surface area contributed by atoms with Crippen LogP contribution in [0.5, 0.6) is 5.75 Å². The predicted octanol–water partition coefficient (Wildman–Crippen LogP) is 2.09. The van der Waals surface area contributed by atoms with Crippen molar-refractivity contribution in [1.29, 1.82) is 0 Å². The topological polar surface area (TPSA) is 55.8 Å². The summed E-state index contributed by atoms with van der Waals surface area (Å²) < 4.78 is 10.3. The second kappa shape index (κ2) is 7.18. The zero-order chi connectivity index (χ0) is 17.1. The first-order chi connectivity index (χ1) is 11.6. The van der Waals surface area contributed by atoms with E-state index >= 15 is 0 Å². The Balaban J connectivity index is 1.62. The van der Waals surface area contributed by atoms with Gasteiger partial charge in [0.2, 0.25) is 0 Å². The van der Waals surface area contributed by atoms with Gasteiger partial charge in [0.25, 0.3) is 0 Å². The molecule has 128 valence electrons. The number of benzene rings is 1. The number of ketones is 1. The first-order valence-electron chi connectivity index (χ1n) is 8.40. The van der Waals surface area contributed by atoms with Gasteiger partial charge in [0, 0.05) is 26.1 Å². The van der Waals surface area contributed by atoms with E-state index in [1.54, 1.807) is 14.0 Å². The molecule has 1 aliphatic heterocycles. The molecule has 0 spiro atoms. The summed E-state index contributed by atoms with van der Waals surface area (Å²) in [5.74, 6) is -0.161. The Hall–Kier alpha value is -2.14. The van der Waals surface area contributed by atoms with Crippen molar-refractivity contribution >= 4 is 17.3 Å². The van der Waals surface area contributed by atoms with Gasteiger partial charge in [0.15, 0.2) is 0 Å². The predicted molar refractivity (Wildman–Crippen MR) is 90.9 cm³/mol. The lowest BCUT2D eigenvalue weighted by molar-refractivity contribution is -0.153. The van der Waals surface area contributed by atoms with Crippen molar-refractivity contribution in [3.05, 3.63) is 35.4 Å². The number of Topliss-reactive ketones (excluding diaryl/α,β-unsaturated/α-hetero) is 1. The minimum atomic E-state index is -0.633. The van der Waals surface area contributed by atoms with Crippen molar-refractivity contribution in [3.63, 3.8) is 0 Å². The van der Waals surface area contributed by atoms with Crippen LogP contribution in [0.25, 0.3) is 5.57 Å². The van der Waals surface area contributed by atoms with Crippen molar-refractivity contribution in [3.8, 4) is 5.75 Å². The summed E-state index contributed by atoms with van der Waals surface area (Å²) >= 11 is 0. The number of fused-ring (bicyclic) bond motifs is 1. The molecule has 5 nitrogen and oxygen atoms in total. The highest BCUT2D eigenvalue weighted by Gasteiger charge is 2.33. The summed E-state index contributed by atoms with van der Waals surface area (Å²) in [5.41, 5.74) is 3.87. The third kappa shape index (κ3) is 3.36. The number of rotatable bonds is 5. The van der Waals surface area contributed by atoms with Gasteiger partial charge in [-0.1, -0.05) is 12.1 Å². The van der Waals surface area contributed by atoms with E-state index < -0.39 is 11.9 Å². The minimum absolute atomic E-state index is 0.00363. The number of hydrogen-bond acceptors (Lipinski definition) is 5. The summed E-state index contributed by atoms with van der Waals surface area (Å²) in [6.45, 7) is 3.96. The van der Waals surface area contributed by atoms with Gasteiger partial charge < -0.3 is 9.47 Å². The number of allylic oxidation sites excluding steroid dienone is 1. The third-order valence-corrected chi connectivity index (χ3v) is 4.71.